The van der Waals surface area contributed by atoms with Gasteiger partial charge in [0, 0.05) is 20.3 Å². The second-order valence-electron chi connectivity index (χ2n) is 4.43. The number of aryl methyl sites for hydroxylation is 1. The van der Waals surface area contributed by atoms with Gasteiger partial charge in [-0.15, -0.1) is 23.5 Å². The summed E-state index contributed by atoms with van der Waals surface area (Å²) in [5.74, 6) is 0. The smallest absolute Gasteiger partial charge is 0.0105 e. The lowest BCUT2D eigenvalue weighted by Crippen LogP contribution is -1.94. The highest BCUT2D eigenvalue weighted by molar-refractivity contribution is 8.00. The molecule has 0 saturated carbocycles. The van der Waals surface area contributed by atoms with Crippen LogP contribution in [0.25, 0.3) is 0 Å². The maximum Gasteiger partial charge on any atom is 0.0105 e. The molecule has 0 heterocycles. The molecule has 90 valence electrons. The highest BCUT2D eigenvalue weighted by Crippen LogP contribution is 2.32. The Morgan fingerprint density at radius 1 is 1.12 bits per heavy atom. The van der Waals surface area contributed by atoms with Gasteiger partial charge < -0.3 is 0 Å². The zero-order chi connectivity index (χ0) is 12.1. The standard InChI is InChI=1S/C14H22S2/c1-6-12(5)16-14-8-7-13(9-11(14)4)15-10(2)3/h7-10,12H,6H2,1-5H3. The van der Waals surface area contributed by atoms with Gasteiger partial charge in [0.15, 0.2) is 0 Å². The molecule has 16 heavy (non-hydrogen) atoms. The van der Waals surface area contributed by atoms with Gasteiger partial charge in [-0.2, -0.15) is 0 Å². The minimum Gasteiger partial charge on any atom is -0.123 e. The van der Waals surface area contributed by atoms with E-state index in [1.807, 2.05) is 23.5 Å². The molecule has 1 unspecified atom stereocenters. The predicted octanol–water partition coefficient (Wildman–Crippen LogP) is 5.39. The van der Waals surface area contributed by atoms with Crippen molar-refractivity contribution in [1.82, 2.24) is 0 Å². The first kappa shape index (κ1) is 14.0. The molecule has 0 N–H and O–H groups in total. The summed E-state index contributed by atoms with van der Waals surface area (Å²) in [5.41, 5.74) is 1.41. The van der Waals surface area contributed by atoms with E-state index in [2.05, 4.69) is 52.8 Å². The van der Waals surface area contributed by atoms with E-state index in [4.69, 9.17) is 0 Å². The summed E-state index contributed by atoms with van der Waals surface area (Å²) in [7, 11) is 0. The maximum absolute atomic E-state index is 2.31. The zero-order valence-electron chi connectivity index (χ0n) is 10.9. The fourth-order valence-corrected chi connectivity index (χ4v) is 3.33. The molecule has 0 amide bonds. The molecular weight excluding hydrogens is 232 g/mol. The average Bonchev–Trinajstić information content (AvgIpc) is 2.21. The molecule has 0 saturated heterocycles. The van der Waals surface area contributed by atoms with Crippen molar-refractivity contribution < 1.29 is 0 Å². The molecule has 0 nitrogen and oxygen atoms in total. The molecular formula is C14H22S2. The summed E-state index contributed by atoms with van der Waals surface area (Å²) in [6.07, 6.45) is 1.23. The minimum atomic E-state index is 0.660. The summed E-state index contributed by atoms with van der Waals surface area (Å²) >= 11 is 3.93. The van der Waals surface area contributed by atoms with Crippen LogP contribution in [0.2, 0.25) is 0 Å². The molecule has 1 aromatic carbocycles. The van der Waals surface area contributed by atoms with E-state index in [1.165, 1.54) is 21.8 Å². The van der Waals surface area contributed by atoms with Crippen LogP contribution >= 0.6 is 23.5 Å². The Kier molecular flexibility index (Phi) is 5.77. The van der Waals surface area contributed by atoms with E-state index in [0.29, 0.717) is 10.5 Å². The second-order valence-corrected chi connectivity index (χ2v) is 7.56. The highest BCUT2D eigenvalue weighted by atomic mass is 32.2. The van der Waals surface area contributed by atoms with Gasteiger partial charge in [-0.3, -0.25) is 0 Å². The van der Waals surface area contributed by atoms with Crippen LogP contribution in [-0.2, 0) is 0 Å². The Morgan fingerprint density at radius 2 is 1.81 bits per heavy atom. The van der Waals surface area contributed by atoms with Crippen LogP contribution in [-0.4, -0.2) is 10.5 Å². The van der Waals surface area contributed by atoms with Gasteiger partial charge in [0.05, 0.1) is 0 Å². The monoisotopic (exact) mass is 254 g/mol. The van der Waals surface area contributed by atoms with Gasteiger partial charge in [-0.25, -0.2) is 0 Å². The van der Waals surface area contributed by atoms with Gasteiger partial charge in [-0.05, 0) is 37.1 Å². The zero-order valence-corrected chi connectivity index (χ0v) is 12.5. The summed E-state index contributed by atoms with van der Waals surface area (Å²) in [6.45, 7) is 11.2. The summed E-state index contributed by atoms with van der Waals surface area (Å²) in [6, 6.07) is 6.84. The van der Waals surface area contributed by atoms with Crippen molar-refractivity contribution >= 4 is 23.5 Å². The van der Waals surface area contributed by atoms with Crippen molar-refractivity contribution in [3.8, 4) is 0 Å². The molecule has 1 aromatic rings. The lowest BCUT2D eigenvalue weighted by molar-refractivity contribution is 0.904. The number of rotatable bonds is 5. The Morgan fingerprint density at radius 3 is 2.31 bits per heavy atom. The van der Waals surface area contributed by atoms with Crippen LogP contribution in [0.15, 0.2) is 28.0 Å². The van der Waals surface area contributed by atoms with E-state index in [9.17, 15) is 0 Å². The number of benzene rings is 1. The van der Waals surface area contributed by atoms with Crippen LogP contribution in [0.5, 0.6) is 0 Å². The van der Waals surface area contributed by atoms with Crippen molar-refractivity contribution in [2.24, 2.45) is 0 Å². The quantitative estimate of drug-likeness (QED) is 0.646. The van der Waals surface area contributed by atoms with Crippen LogP contribution in [0.1, 0.15) is 39.7 Å². The van der Waals surface area contributed by atoms with Crippen molar-refractivity contribution in [2.75, 3.05) is 0 Å². The molecule has 0 radical (unpaired) electrons. The lowest BCUT2D eigenvalue weighted by Gasteiger charge is -2.12. The first-order valence-corrected chi connectivity index (χ1v) is 7.72. The molecule has 0 fully saturated rings. The van der Waals surface area contributed by atoms with Gasteiger partial charge in [0.2, 0.25) is 0 Å². The molecule has 0 aliphatic rings. The van der Waals surface area contributed by atoms with Crippen LogP contribution in [0.4, 0.5) is 0 Å². The largest absolute Gasteiger partial charge is 0.123 e. The van der Waals surface area contributed by atoms with Gasteiger partial charge >= 0.3 is 0 Å². The Balaban J connectivity index is 2.75. The Bertz CT molecular complexity index is 332. The van der Waals surface area contributed by atoms with E-state index in [0.717, 1.165) is 0 Å². The first-order chi connectivity index (χ1) is 7.52. The summed E-state index contributed by atoms with van der Waals surface area (Å²) < 4.78 is 0. The van der Waals surface area contributed by atoms with E-state index < -0.39 is 0 Å². The van der Waals surface area contributed by atoms with E-state index in [-0.39, 0.29) is 0 Å². The third-order valence-corrected chi connectivity index (χ3v) is 4.87. The molecule has 1 rings (SSSR count). The predicted molar refractivity (Wildman–Crippen MR) is 77.8 cm³/mol. The summed E-state index contributed by atoms with van der Waals surface area (Å²) in [4.78, 5) is 2.82. The van der Waals surface area contributed by atoms with Crippen molar-refractivity contribution in [2.45, 2.75) is 61.3 Å². The van der Waals surface area contributed by atoms with Crippen molar-refractivity contribution in [3.05, 3.63) is 23.8 Å². The van der Waals surface area contributed by atoms with Gasteiger partial charge in [0.25, 0.3) is 0 Å². The molecule has 1 atom stereocenters. The molecule has 0 bridgehead atoms. The molecule has 0 aliphatic carbocycles. The Hall–Kier alpha value is -0.0800. The minimum absolute atomic E-state index is 0.660. The maximum atomic E-state index is 2.31. The fourth-order valence-electron chi connectivity index (χ4n) is 1.40. The molecule has 0 aliphatic heterocycles. The third kappa shape index (κ3) is 4.42. The van der Waals surface area contributed by atoms with E-state index in [1.54, 1.807) is 0 Å². The number of thioether (sulfide) groups is 2. The lowest BCUT2D eigenvalue weighted by atomic mass is 10.2. The SMILES string of the molecule is CCC(C)Sc1ccc(SC(C)C)cc1C. The highest BCUT2D eigenvalue weighted by Gasteiger charge is 2.06. The third-order valence-electron chi connectivity index (χ3n) is 2.42. The van der Waals surface area contributed by atoms with Crippen LogP contribution in [0, 0.1) is 6.92 Å². The summed E-state index contributed by atoms with van der Waals surface area (Å²) in [5, 5.41) is 1.37. The van der Waals surface area contributed by atoms with Crippen molar-refractivity contribution in [3.63, 3.8) is 0 Å². The number of hydrogen-bond acceptors (Lipinski definition) is 2. The normalized spacial score (nSPS) is 13.1. The van der Waals surface area contributed by atoms with Gasteiger partial charge in [0.1, 0.15) is 0 Å². The van der Waals surface area contributed by atoms with E-state index >= 15 is 0 Å². The fraction of sp³-hybridized carbons (Fsp3) is 0.571. The van der Waals surface area contributed by atoms with Crippen LogP contribution < -0.4 is 0 Å². The molecule has 2 heteroatoms. The van der Waals surface area contributed by atoms with Crippen LogP contribution in [0.3, 0.4) is 0 Å². The molecule has 0 aromatic heterocycles. The Labute approximate surface area is 109 Å². The average molecular weight is 254 g/mol. The number of hydrogen-bond donors (Lipinski definition) is 0. The van der Waals surface area contributed by atoms with Crippen molar-refractivity contribution in [1.29, 1.82) is 0 Å². The first-order valence-electron chi connectivity index (χ1n) is 5.97. The molecule has 0 spiro atoms. The van der Waals surface area contributed by atoms with Gasteiger partial charge in [-0.1, -0.05) is 27.7 Å². The second kappa shape index (κ2) is 6.61. The topological polar surface area (TPSA) is 0 Å².